The monoisotopic (exact) mass is 393 g/mol. The molecule has 5 heteroatoms. The van der Waals surface area contributed by atoms with Crippen LogP contribution in [0.3, 0.4) is 0 Å². The molecule has 1 fully saturated rings. The summed E-state index contributed by atoms with van der Waals surface area (Å²) in [6.07, 6.45) is 4.92. The zero-order valence-corrected chi connectivity index (χ0v) is 17.3. The van der Waals surface area contributed by atoms with E-state index in [4.69, 9.17) is 4.74 Å². The van der Waals surface area contributed by atoms with Gasteiger partial charge < -0.3 is 9.84 Å². The molecule has 1 aliphatic carbocycles. The van der Waals surface area contributed by atoms with Gasteiger partial charge in [-0.3, -0.25) is 4.90 Å². The highest BCUT2D eigenvalue weighted by atomic mass is 35.5. The first-order chi connectivity index (χ1) is 12.6. The summed E-state index contributed by atoms with van der Waals surface area (Å²) in [5.41, 5.74) is -0.963. The number of ether oxygens (including phenoxy) is 1. The fourth-order valence-electron chi connectivity index (χ4n) is 3.61. The normalized spacial score (nSPS) is 16.6. The Morgan fingerprint density at radius 1 is 1.15 bits per heavy atom. The van der Waals surface area contributed by atoms with Crippen molar-refractivity contribution in [2.24, 2.45) is 5.92 Å². The van der Waals surface area contributed by atoms with Gasteiger partial charge in [0.05, 0.1) is 6.54 Å². The molecule has 0 amide bonds. The Morgan fingerprint density at radius 3 is 2.37 bits per heavy atom. The Kier molecular flexibility index (Phi) is 10.5. The fraction of sp³-hybridized carbons (Fsp3) is 0.591. The molecule has 1 aromatic carbocycles. The molecule has 0 unspecified atom stereocenters. The van der Waals surface area contributed by atoms with E-state index in [0.29, 0.717) is 12.1 Å². The lowest BCUT2D eigenvalue weighted by atomic mass is 9.73. The molecule has 1 aromatic rings. The molecule has 1 atom stereocenters. The maximum atomic E-state index is 12.8. The number of aliphatic hydroxyl groups is 1. The van der Waals surface area contributed by atoms with Crippen LogP contribution in [-0.2, 0) is 15.1 Å². The standard InChI is InChI=1S/C22H31NO3.ClH/c1-3-23(4-2)17-11-12-18-26-21(24)22(25,19-13-7-5-8-14-19)20-15-9-6-10-16-20;/h5,7-8,13-14,20,25H,3-4,6,9-10,15-18H2,1-2H3;1H/t22-;/m1./s1. The van der Waals surface area contributed by atoms with Gasteiger partial charge in [-0.05, 0) is 31.5 Å². The lowest BCUT2D eigenvalue weighted by Gasteiger charge is -2.36. The molecule has 2 rings (SSSR count). The molecule has 1 aliphatic rings. The third-order valence-electron chi connectivity index (χ3n) is 5.32. The Morgan fingerprint density at radius 2 is 1.78 bits per heavy atom. The summed E-state index contributed by atoms with van der Waals surface area (Å²) in [6, 6.07) is 9.19. The topological polar surface area (TPSA) is 49.8 Å². The summed E-state index contributed by atoms with van der Waals surface area (Å²) < 4.78 is 5.38. The van der Waals surface area contributed by atoms with Crippen LogP contribution in [0.2, 0.25) is 0 Å². The van der Waals surface area contributed by atoms with Gasteiger partial charge in [0.2, 0.25) is 0 Å². The summed E-state index contributed by atoms with van der Waals surface area (Å²) in [4.78, 5) is 15.0. The second kappa shape index (κ2) is 12.0. The predicted molar refractivity (Wildman–Crippen MR) is 111 cm³/mol. The Balaban J connectivity index is 0.00000364. The Hall–Kier alpha value is -1.54. The third-order valence-corrected chi connectivity index (χ3v) is 5.32. The SMILES string of the molecule is CCN(CC)CC#CCOC(=O)[C@@](O)(c1ccccc1)C1CCCCC1.Cl. The lowest BCUT2D eigenvalue weighted by molar-refractivity contribution is -0.174. The van der Waals surface area contributed by atoms with E-state index >= 15 is 0 Å². The smallest absolute Gasteiger partial charge is 0.344 e. The average molecular weight is 394 g/mol. The molecule has 0 aromatic heterocycles. The molecule has 0 spiro atoms. The molecule has 150 valence electrons. The summed E-state index contributed by atoms with van der Waals surface area (Å²) in [5, 5.41) is 11.4. The molecule has 1 N–H and O–H groups in total. The molecule has 4 nitrogen and oxygen atoms in total. The highest BCUT2D eigenvalue weighted by Crippen LogP contribution is 2.40. The van der Waals surface area contributed by atoms with E-state index in [9.17, 15) is 9.90 Å². The first-order valence-corrected chi connectivity index (χ1v) is 9.76. The molecule has 27 heavy (non-hydrogen) atoms. The average Bonchev–Trinajstić information content (AvgIpc) is 2.71. The minimum Gasteiger partial charge on any atom is -0.450 e. The van der Waals surface area contributed by atoms with Gasteiger partial charge in [0.1, 0.15) is 0 Å². The molecule has 0 aliphatic heterocycles. The van der Waals surface area contributed by atoms with Crippen LogP contribution in [0.4, 0.5) is 0 Å². The van der Waals surface area contributed by atoms with Crippen LogP contribution in [0, 0.1) is 17.8 Å². The molecular weight excluding hydrogens is 362 g/mol. The number of hydrogen-bond acceptors (Lipinski definition) is 4. The highest BCUT2D eigenvalue weighted by Gasteiger charge is 2.46. The zero-order chi connectivity index (χ0) is 18.8. The number of esters is 1. The van der Waals surface area contributed by atoms with Gasteiger partial charge in [0, 0.05) is 5.92 Å². The van der Waals surface area contributed by atoms with E-state index in [2.05, 4.69) is 30.6 Å². The van der Waals surface area contributed by atoms with Crippen LogP contribution >= 0.6 is 12.4 Å². The third kappa shape index (κ3) is 6.24. The van der Waals surface area contributed by atoms with Gasteiger partial charge >= 0.3 is 5.97 Å². The quantitative estimate of drug-likeness (QED) is 0.566. The Bertz CT molecular complexity index is 615. The largest absolute Gasteiger partial charge is 0.450 e. The van der Waals surface area contributed by atoms with E-state index < -0.39 is 11.6 Å². The van der Waals surface area contributed by atoms with E-state index in [0.717, 1.165) is 45.2 Å². The van der Waals surface area contributed by atoms with Crippen molar-refractivity contribution in [1.82, 2.24) is 4.90 Å². The Labute approximate surface area is 169 Å². The van der Waals surface area contributed by atoms with Crippen molar-refractivity contribution < 1.29 is 14.6 Å². The van der Waals surface area contributed by atoms with Crippen molar-refractivity contribution in [2.75, 3.05) is 26.2 Å². The number of carbonyl (C=O) groups is 1. The fourth-order valence-corrected chi connectivity index (χ4v) is 3.61. The van der Waals surface area contributed by atoms with Crippen molar-refractivity contribution >= 4 is 18.4 Å². The highest BCUT2D eigenvalue weighted by molar-refractivity contribution is 5.85. The summed E-state index contributed by atoms with van der Waals surface area (Å²) in [7, 11) is 0. The van der Waals surface area contributed by atoms with Crippen LogP contribution < -0.4 is 0 Å². The maximum absolute atomic E-state index is 12.8. The molecule has 0 heterocycles. The molecular formula is C22H32ClNO3. The van der Waals surface area contributed by atoms with Crippen molar-refractivity contribution in [3.05, 3.63) is 35.9 Å². The van der Waals surface area contributed by atoms with Gasteiger partial charge in [-0.1, -0.05) is 75.3 Å². The minimum absolute atomic E-state index is 0. The maximum Gasteiger partial charge on any atom is 0.344 e. The van der Waals surface area contributed by atoms with Crippen LogP contribution in [0.25, 0.3) is 0 Å². The first kappa shape index (κ1) is 23.5. The minimum atomic E-state index is -1.58. The number of carbonyl (C=O) groups excluding carboxylic acids is 1. The van der Waals surface area contributed by atoms with Gasteiger partial charge in [0.25, 0.3) is 0 Å². The van der Waals surface area contributed by atoms with Crippen molar-refractivity contribution in [1.29, 1.82) is 0 Å². The van der Waals surface area contributed by atoms with Gasteiger partial charge in [-0.25, -0.2) is 4.79 Å². The number of rotatable bonds is 7. The van der Waals surface area contributed by atoms with E-state index in [1.807, 2.05) is 30.3 Å². The van der Waals surface area contributed by atoms with Crippen LogP contribution in [0.5, 0.6) is 0 Å². The van der Waals surface area contributed by atoms with Crippen LogP contribution in [0.1, 0.15) is 51.5 Å². The van der Waals surface area contributed by atoms with Crippen molar-refractivity contribution in [3.63, 3.8) is 0 Å². The number of benzene rings is 1. The zero-order valence-electron chi connectivity index (χ0n) is 16.4. The summed E-state index contributed by atoms with van der Waals surface area (Å²) in [5.74, 6) is 5.25. The number of nitrogens with zero attached hydrogens (tertiary/aromatic N) is 1. The van der Waals surface area contributed by atoms with Gasteiger partial charge in [-0.2, -0.15) is 0 Å². The summed E-state index contributed by atoms with van der Waals surface area (Å²) >= 11 is 0. The van der Waals surface area contributed by atoms with E-state index in [1.54, 1.807) is 0 Å². The number of hydrogen-bond donors (Lipinski definition) is 1. The lowest BCUT2D eigenvalue weighted by Crippen LogP contribution is -2.45. The molecule has 1 saturated carbocycles. The second-order valence-corrected chi connectivity index (χ2v) is 6.86. The van der Waals surface area contributed by atoms with E-state index in [1.165, 1.54) is 0 Å². The van der Waals surface area contributed by atoms with Gasteiger partial charge in [0.15, 0.2) is 12.2 Å². The van der Waals surface area contributed by atoms with Crippen molar-refractivity contribution in [2.45, 2.75) is 51.6 Å². The first-order valence-electron chi connectivity index (χ1n) is 9.76. The van der Waals surface area contributed by atoms with Crippen LogP contribution in [-0.4, -0.2) is 42.2 Å². The van der Waals surface area contributed by atoms with Crippen LogP contribution in [0.15, 0.2) is 30.3 Å². The molecule has 0 saturated heterocycles. The molecule has 0 bridgehead atoms. The second-order valence-electron chi connectivity index (χ2n) is 6.86. The molecule has 0 radical (unpaired) electrons. The van der Waals surface area contributed by atoms with Gasteiger partial charge in [-0.15, -0.1) is 12.4 Å². The predicted octanol–water partition coefficient (Wildman–Crippen LogP) is 3.76. The summed E-state index contributed by atoms with van der Waals surface area (Å²) in [6.45, 7) is 6.75. The van der Waals surface area contributed by atoms with Crippen molar-refractivity contribution in [3.8, 4) is 11.8 Å². The number of halogens is 1. The van der Waals surface area contributed by atoms with E-state index in [-0.39, 0.29) is 24.9 Å².